The fourth-order valence-corrected chi connectivity index (χ4v) is 2.64. The van der Waals surface area contributed by atoms with Crippen LogP contribution in [0.2, 0.25) is 0 Å². The maximum atomic E-state index is 4.66. The molecule has 0 amide bonds. The quantitative estimate of drug-likeness (QED) is 0.733. The fourth-order valence-electron chi connectivity index (χ4n) is 2.64. The molecule has 2 heterocycles. The molecule has 124 valence electrons. The molecule has 5 heteroatoms. The van der Waals surface area contributed by atoms with Crippen LogP contribution in [0.5, 0.6) is 0 Å². The van der Waals surface area contributed by atoms with Crippen LogP contribution >= 0.6 is 0 Å². The summed E-state index contributed by atoms with van der Waals surface area (Å²) < 4.78 is 0. The van der Waals surface area contributed by atoms with Crippen LogP contribution in [-0.2, 0) is 0 Å². The van der Waals surface area contributed by atoms with Crippen molar-refractivity contribution >= 4 is 28.4 Å². The van der Waals surface area contributed by atoms with Crippen molar-refractivity contribution in [2.75, 3.05) is 23.8 Å². The Kier molecular flexibility index (Phi) is 4.89. The number of pyridine rings is 1. The van der Waals surface area contributed by atoms with Crippen molar-refractivity contribution in [2.45, 2.75) is 26.7 Å². The van der Waals surface area contributed by atoms with Crippen LogP contribution in [0, 0.1) is 6.92 Å². The lowest BCUT2D eigenvalue weighted by Gasteiger charge is -2.19. The van der Waals surface area contributed by atoms with E-state index < -0.39 is 0 Å². The zero-order chi connectivity index (χ0) is 16.9. The molecule has 0 unspecified atom stereocenters. The van der Waals surface area contributed by atoms with Crippen LogP contribution in [0.15, 0.2) is 42.6 Å². The average molecular weight is 321 g/mol. The first-order chi connectivity index (χ1) is 11.7. The van der Waals surface area contributed by atoms with Crippen LogP contribution in [-0.4, -0.2) is 28.5 Å². The smallest absolute Gasteiger partial charge is 0.229 e. The molecule has 0 saturated heterocycles. The van der Waals surface area contributed by atoms with E-state index in [9.17, 15) is 0 Å². The van der Waals surface area contributed by atoms with Gasteiger partial charge in [-0.1, -0.05) is 31.5 Å². The highest BCUT2D eigenvalue weighted by Crippen LogP contribution is 2.24. The minimum Gasteiger partial charge on any atom is -0.360 e. The minimum atomic E-state index is 0.603. The van der Waals surface area contributed by atoms with Gasteiger partial charge in [0.15, 0.2) is 0 Å². The summed E-state index contributed by atoms with van der Waals surface area (Å²) in [5, 5.41) is 4.42. The largest absolute Gasteiger partial charge is 0.360 e. The number of hydrogen-bond acceptors (Lipinski definition) is 5. The number of rotatable bonds is 6. The summed E-state index contributed by atoms with van der Waals surface area (Å²) in [6.45, 7) is 5.17. The molecule has 1 aromatic carbocycles. The Morgan fingerprint density at radius 2 is 1.96 bits per heavy atom. The highest BCUT2D eigenvalue weighted by atomic mass is 15.2. The molecule has 0 atom stereocenters. The molecule has 24 heavy (non-hydrogen) atoms. The zero-order valence-electron chi connectivity index (χ0n) is 14.5. The third-order valence-electron chi connectivity index (χ3n) is 3.96. The van der Waals surface area contributed by atoms with Crippen LogP contribution in [0.3, 0.4) is 0 Å². The van der Waals surface area contributed by atoms with E-state index in [0.717, 1.165) is 41.1 Å². The monoisotopic (exact) mass is 321 g/mol. The van der Waals surface area contributed by atoms with Crippen LogP contribution in [0.4, 0.5) is 17.5 Å². The molecule has 0 bridgehead atoms. The van der Waals surface area contributed by atoms with Crippen molar-refractivity contribution in [3.8, 4) is 0 Å². The number of para-hydroxylation sites is 1. The van der Waals surface area contributed by atoms with E-state index in [1.807, 2.05) is 31.2 Å². The third kappa shape index (κ3) is 3.62. The Bertz CT molecular complexity index is 826. The van der Waals surface area contributed by atoms with E-state index in [1.54, 1.807) is 6.20 Å². The van der Waals surface area contributed by atoms with Gasteiger partial charge in [-0.2, -0.15) is 4.98 Å². The van der Waals surface area contributed by atoms with Gasteiger partial charge in [0.05, 0.1) is 11.2 Å². The number of nitrogens with zero attached hydrogens (tertiary/aromatic N) is 4. The van der Waals surface area contributed by atoms with Crippen LogP contribution in [0.25, 0.3) is 10.9 Å². The summed E-state index contributed by atoms with van der Waals surface area (Å²) in [6.07, 6.45) is 4.12. The lowest BCUT2D eigenvalue weighted by molar-refractivity contribution is 0.758. The highest BCUT2D eigenvalue weighted by Gasteiger charge is 2.08. The molecule has 2 aromatic heterocycles. The van der Waals surface area contributed by atoms with Gasteiger partial charge >= 0.3 is 0 Å². The van der Waals surface area contributed by atoms with Crippen molar-refractivity contribution < 1.29 is 0 Å². The molecule has 0 spiro atoms. The van der Waals surface area contributed by atoms with E-state index in [-0.39, 0.29) is 0 Å². The molecule has 3 rings (SSSR count). The second-order valence-corrected chi connectivity index (χ2v) is 5.97. The van der Waals surface area contributed by atoms with Crippen molar-refractivity contribution in [2.24, 2.45) is 0 Å². The Balaban J connectivity index is 1.90. The number of anilines is 3. The molecular weight excluding hydrogens is 298 g/mol. The lowest BCUT2D eigenvalue weighted by Crippen LogP contribution is -2.20. The van der Waals surface area contributed by atoms with E-state index in [0.29, 0.717) is 5.95 Å². The predicted octanol–water partition coefficient (Wildman–Crippen LogP) is 4.31. The van der Waals surface area contributed by atoms with Gasteiger partial charge < -0.3 is 10.2 Å². The number of nitrogens with one attached hydrogen (secondary N) is 1. The van der Waals surface area contributed by atoms with Gasteiger partial charge in [0, 0.05) is 36.9 Å². The molecule has 0 aliphatic rings. The van der Waals surface area contributed by atoms with Crippen molar-refractivity contribution in [3.05, 3.63) is 48.3 Å². The SMILES string of the molecule is CCCCN(C)c1cc(C)nc(Nc2cccc3cccnc23)n1. The van der Waals surface area contributed by atoms with E-state index in [4.69, 9.17) is 0 Å². The lowest BCUT2D eigenvalue weighted by atomic mass is 10.2. The van der Waals surface area contributed by atoms with Gasteiger partial charge in [0.25, 0.3) is 0 Å². The van der Waals surface area contributed by atoms with E-state index >= 15 is 0 Å². The minimum absolute atomic E-state index is 0.603. The summed E-state index contributed by atoms with van der Waals surface area (Å²) >= 11 is 0. The number of hydrogen-bond donors (Lipinski definition) is 1. The summed E-state index contributed by atoms with van der Waals surface area (Å²) in [5.41, 5.74) is 2.78. The summed E-state index contributed by atoms with van der Waals surface area (Å²) in [4.78, 5) is 15.8. The zero-order valence-corrected chi connectivity index (χ0v) is 14.5. The normalized spacial score (nSPS) is 10.8. The van der Waals surface area contributed by atoms with E-state index in [2.05, 4.69) is 51.3 Å². The molecule has 0 aliphatic heterocycles. The van der Waals surface area contributed by atoms with Crippen molar-refractivity contribution in [3.63, 3.8) is 0 Å². The summed E-state index contributed by atoms with van der Waals surface area (Å²) in [5.74, 6) is 1.54. The molecular formula is C19H23N5. The molecule has 3 aromatic rings. The topological polar surface area (TPSA) is 53.9 Å². The molecule has 0 saturated carbocycles. The maximum absolute atomic E-state index is 4.66. The van der Waals surface area contributed by atoms with E-state index in [1.165, 1.54) is 6.42 Å². The number of aryl methyl sites for hydroxylation is 1. The van der Waals surface area contributed by atoms with Gasteiger partial charge in [-0.25, -0.2) is 4.98 Å². The summed E-state index contributed by atoms with van der Waals surface area (Å²) in [6, 6.07) is 12.1. The highest BCUT2D eigenvalue weighted by molar-refractivity contribution is 5.91. The molecule has 1 N–H and O–H groups in total. The van der Waals surface area contributed by atoms with Crippen molar-refractivity contribution in [1.82, 2.24) is 15.0 Å². The standard InChI is InChI=1S/C19H23N5/c1-4-5-12-24(3)17-13-14(2)21-19(23-17)22-16-10-6-8-15-9-7-11-20-18(15)16/h6-11,13H,4-5,12H2,1-3H3,(H,21,22,23). The number of unbranched alkanes of at least 4 members (excludes halogenated alkanes) is 1. The van der Waals surface area contributed by atoms with Gasteiger partial charge in [-0.05, 0) is 25.5 Å². The molecule has 0 radical (unpaired) electrons. The van der Waals surface area contributed by atoms with Gasteiger partial charge in [0.1, 0.15) is 5.82 Å². The maximum Gasteiger partial charge on any atom is 0.229 e. The summed E-state index contributed by atoms with van der Waals surface area (Å²) in [7, 11) is 2.07. The van der Waals surface area contributed by atoms with Gasteiger partial charge in [-0.3, -0.25) is 4.98 Å². The number of fused-ring (bicyclic) bond motifs is 1. The van der Waals surface area contributed by atoms with Crippen LogP contribution < -0.4 is 10.2 Å². The Morgan fingerprint density at radius 1 is 1.12 bits per heavy atom. The fraction of sp³-hybridized carbons (Fsp3) is 0.316. The third-order valence-corrected chi connectivity index (χ3v) is 3.96. The number of benzene rings is 1. The molecule has 5 nitrogen and oxygen atoms in total. The average Bonchev–Trinajstić information content (AvgIpc) is 2.59. The Hall–Kier alpha value is -2.69. The molecule has 0 fully saturated rings. The first kappa shape index (κ1) is 16.2. The first-order valence-electron chi connectivity index (χ1n) is 8.35. The van der Waals surface area contributed by atoms with Gasteiger partial charge in [0.2, 0.25) is 5.95 Å². The van der Waals surface area contributed by atoms with Crippen LogP contribution in [0.1, 0.15) is 25.5 Å². The Morgan fingerprint density at radius 3 is 2.79 bits per heavy atom. The Labute approximate surface area is 142 Å². The second kappa shape index (κ2) is 7.25. The predicted molar refractivity (Wildman–Crippen MR) is 100.0 cm³/mol. The number of aromatic nitrogens is 3. The first-order valence-corrected chi connectivity index (χ1v) is 8.35. The second-order valence-electron chi connectivity index (χ2n) is 5.97. The van der Waals surface area contributed by atoms with Crippen molar-refractivity contribution in [1.29, 1.82) is 0 Å². The van der Waals surface area contributed by atoms with Gasteiger partial charge in [-0.15, -0.1) is 0 Å². The molecule has 0 aliphatic carbocycles.